The highest BCUT2D eigenvalue weighted by Gasteiger charge is 2.69. The van der Waals surface area contributed by atoms with E-state index in [0.717, 1.165) is 51.4 Å². The van der Waals surface area contributed by atoms with Crippen LogP contribution in [0.5, 0.6) is 0 Å². The molecule has 2 aliphatic heterocycles. The van der Waals surface area contributed by atoms with Crippen LogP contribution in [0, 0.1) is 50.2 Å². The van der Waals surface area contributed by atoms with E-state index in [2.05, 4.69) is 47.6 Å². The number of hydrogen-bond donors (Lipinski definition) is 9. The molecule has 0 radical (unpaired) electrons. The summed E-state index contributed by atoms with van der Waals surface area (Å²) in [4.78, 5) is 12.2. The average molecular weight is 797 g/mol. The maximum Gasteiger partial charge on any atom is 0.335 e. The summed E-state index contributed by atoms with van der Waals surface area (Å²) < 4.78 is 23.8. The van der Waals surface area contributed by atoms with Crippen molar-refractivity contribution in [1.82, 2.24) is 0 Å². The van der Waals surface area contributed by atoms with Crippen molar-refractivity contribution >= 4 is 5.97 Å². The Morgan fingerprint density at radius 3 is 2.09 bits per heavy atom. The highest BCUT2D eigenvalue weighted by atomic mass is 16.8. The van der Waals surface area contributed by atoms with Gasteiger partial charge in [-0.25, -0.2) is 4.79 Å². The Balaban J connectivity index is 1.17. The van der Waals surface area contributed by atoms with E-state index >= 15 is 0 Å². The van der Waals surface area contributed by atoms with Crippen molar-refractivity contribution in [3.63, 3.8) is 0 Å². The molecular formula is C42H68O14. The molecule has 0 aromatic heterocycles. The number of carbonyl (C=O) groups is 1. The van der Waals surface area contributed by atoms with Crippen molar-refractivity contribution in [2.24, 2.45) is 50.2 Å². The number of fused-ring (bicyclic) bond motifs is 7. The molecule has 0 spiro atoms. The second kappa shape index (κ2) is 14.4. The van der Waals surface area contributed by atoms with Gasteiger partial charge in [0.15, 0.2) is 18.7 Å². The standard InChI is InChI=1S/C42H68O14/c1-37(2)16-21-20-8-9-24-39(4)12-11-26(40(5,19-44)23(39)10-13-42(24,7)41(20,6)15-14-38(21,3)25(45)17-37)54-36-33(30(49)29(48)32(55-36)34(51)52)56-35-31(50)28(47)27(46)22(18-43)53-35/h8,21-33,35-36,43-50H,9-19H2,1-7H3,(H,51,52)/t21?,22-,23-,24?,25-,26+,27+,28+,29+,30+,31-,32+,33-,35+,36-,38-,39+,40-,41-,42-/m1/s1. The van der Waals surface area contributed by atoms with Gasteiger partial charge >= 0.3 is 5.97 Å². The molecule has 9 N–H and O–H groups in total. The van der Waals surface area contributed by atoms with E-state index in [9.17, 15) is 50.8 Å². The Hall–Kier alpha value is -1.27. The maximum atomic E-state index is 12.2. The SMILES string of the molecule is CC1(C)CC2C3=CCC4[C@@]5(C)CC[C@H](O[C@@H]6O[C@H](C(=O)O)[C@@H](O)[C@H](O)[C@H]6O[C@@H]6O[C@H](CO)[C@H](O)[C@H](O)[C@H]6O)[C@](C)(CO)[C@@H]5CC[C@@]4(C)[C@]3(C)CC[C@@]2(C)[C@H](O)C1. The van der Waals surface area contributed by atoms with E-state index in [-0.39, 0.29) is 45.7 Å². The summed E-state index contributed by atoms with van der Waals surface area (Å²) in [6.45, 7) is 15.2. The van der Waals surface area contributed by atoms with Gasteiger partial charge in [-0.2, -0.15) is 0 Å². The first kappa shape index (κ1) is 42.8. The van der Waals surface area contributed by atoms with Crippen LogP contribution in [0.25, 0.3) is 0 Å². The lowest BCUT2D eigenvalue weighted by Crippen LogP contribution is -2.68. The van der Waals surface area contributed by atoms with Gasteiger partial charge in [0.2, 0.25) is 0 Å². The van der Waals surface area contributed by atoms with Crippen LogP contribution in [0.1, 0.15) is 106 Å². The predicted octanol–water partition coefficient (Wildman–Crippen LogP) is 1.85. The van der Waals surface area contributed by atoms with Crippen LogP contribution >= 0.6 is 0 Å². The van der Waals surface area contributed by atoms with Crippen LogP contribution in [0.3, 0.4) is 0 Å². The molecule has 0 aromatic carbocycles. The molecule has 320 valence electrons. The van der Waals surface area contributed by atoms with Crippen LogP contribution in [-0.2, 0) is 23.7 Å². The van der Waals surface area contributed by atoms with Gasteiger partial charge in [0.05, 0.1) is 25.4 Å². The summed E-state index contributed by atoms with van der Waals surface area (Å²) in [6.07, 6.45) is -8.23. The van der Waals surface area contributed by atoms with Crippen molar-refractivity contribution in [3.8, 4) is 0 Å². The average Bonchev–Trinajstić information content (AvgIpc) is 3.13. The molecule has 0 aromatic rings. The monoisotopic (exact) mass is 796 g/mol. The van der Waals surface area contributed by atoms with Crippen LogP contribution in [0.15, 0.2) is 11.6 Å². The topological polar surface area (TPSA) is 236 Å². The Kier molecular flexibility index (Phi) is 11.0. The molecule has 2 saturated heterocycles. The molecule has 14 heteroatoms. The molecular weight excluding hydrogens is 728 g/mol. The van der Waals surface area contributed by atoms with Gasteiger partial charge in [0.1, 0.15) is 42.7 Å². The third kappa shape index (κ3) is 6.21. The van der Waals surface area contributed by atoms with E-state index in [0.29, 0.717) is 18.3 Å². The number of aliphatic hydroxyl groups is 8. The van der Waals surface area contributed by atoms with Gasteiger partial charge in [0, 0.05) is 10.8 Å². The van der Waals surface area contributed by atoms with Crippen LogP contribution in [0.4, 0.5) is 0 Å². The third-order valence-corrected chi connectivity index (χ3v) is 17.4. The summed E-state index contributed by atoms with van der Waals surface area (Å²) in [5.74, 6) is -0.954. The van der Waals surface area contributed by atoms with Crippen molar-refractivity contribution in [2.45, 2.75) is 180 Å². The molecule has 4 saturated carbocycles. The van der Waals surface area contributed by atoms with Crippen LogP contribution in [0.2, 0.25) is 0 Å². The van der Waals surface area contributed by atoms with E-state index in [1.807, 2.05) is 6.92 Å². The lowest BCUT2D eigenvalue weighted by Gasteiger charge is -2.72. The zero-order valence-corrected chi connectivity index (χ0v) is 34.1. The molecule has 7 aliphatic rings. The fourth-order valence-electron chi connectivity index (χ4n) is 13.7. The Morgan fingerprint density at radius 2 is 1.45 bits per heavy atom. The van der Waals surface area contributed by atoms with Crippen molar-refractivity contribution < 1.29 is 69.7 Å². The van der Waals surface area contributed by atoms with E-state index in [4.69, 9.17) is 18.9 Å². The number of carboxylic acid groups (broad SMARTS) is 1. The smallest absolute Gasteiger partial charge is 0.335 e. The molecule has 0 bridgehead atoms. The first-order valence-corrected chi connectivity index (χ1v) is 20.9. The zero-order chi connectivity index (χ0) is 41.1. The van der Waals surface area contributed by atoms with Gasteiger partial charge in [-0.15, -0.1) is 0 Å². The minimum Gasteiger partial charge on any atom is -0.479 e. The molecule has 14 nitrogen and oxygen atoms in total. The van der Waals surface area contributed by atoms with Crippen molar-refractivity contribution in [1.29, 1.82) is 0 Å². The molecule has 56 heavy (non-hydrogen) atoms. The Bertz CT molecular complexity index is 1520. The van der Waals surface area contributed by atoms with Crippen LogP contribution < -0.4 is 0 Å². The molecule has 0 amide bonds. The molecule has 2 heterocycles. The fraction of sp³-hybridized carbons (Fsp3) is 0.929. The number of carboxylic acids is 1. The van der Waals surface area contributed by atoms with Crippen molar-refractivity contribution in [2.75, 3.05) is 13.2 Å². The third-order valence-electron chi connectivity index (χ3n) is 17.4. The second-order valence-electron chi connectivity index (χ2n) is 20.8. The molecule has 5 aliphatic carbocycles. The van der Waals surface area contributed by atoms with Gasteiger partial charge in [-0.1, -0.05) is 60.1 Å². The summed E-state index contributed by atoms with van der Waals surface area (Å²) in [5, 5.41) is 96.0. The zero-order valence-electron chi connectivity index (χ0n) is 34.1. The number of ether oxygens (including phenoxy) is 4. The van der Waals surface area contributed by atoms with E-state index in [1.54, 1.807) is 0 Å². The molecule has 6 fully saturated rings. The highest BCUT2D eigenvalue weighted by Crippen LogP contribution is 2.76. The fourth-order valence-corrected chi connectivity index (χ4v) is 13.7. The summed E-state index contributed by atoms with van der Waals surface area (Å²) in [5.41, 5.74) is 0.271. The minimum atomic E-state index is -1.97. The molecule has 2 unspecified atom stereocenters. The number of aliphatic carboxylic acids is 1. The largest absolute Gasteiger partial charge is 0.479 e. The number of rotatable bonds is 7. The van der Waals surface area contributed by atoms with Gasteiger partial charge in [-0.3, -0.25) is 0 Å². The first-order valence-electron chi connectivity index (χ1n) is 20.9. The summed E-state index contributed by atoms with van der Waals surface area (Å²) in [6, 6.07) is 0. The number of hydrogen-bond acceptors (Lipinski definition) is 13. The second-order valence-corrected chi connectivity index (χ2v) is 20.8. The first-order chi connectivity index (χ1) is 26.0. The van der Waals surface area contributed by atoms with E-state index < -0.39 is 85.5 Å². The van der Waals surface area contributed by atoms with Gasteiger partial charge < -0.3 is 64.9 Å². The number of aliphatic hydroxyl groups excluding tert-OH is 8. The van der Waals surface area contributed by atoms with Crippen LogP contribution in [-0.4, -0.2) is 139 Å². The predicted molar refractivity (Wildman–Crippen MR) is 199 cm³/mol. The summed E-state index contributed by atoms with van der Waals surface area (Å²) >= 11 is 0. The number of allylic oxidation sites excluding steroid dienone is 2. The molecule has 7 rings (SSSR count). The molecule has 20 atom stereocenters. The van der Waals surface area contributed by atoms with Crippen molar-refractivity contribution in [3.05, 3.63) is 11.6 Å². The summed E-state index contributed by atoms with van der Waals surface area (Å²) in [7, 11) is 0. The Labute approximate surface area is 330 Å². The maximum absolute atomic E-state index is 12.2. The Morgan fingerprint density at radius 1 is 0.750 bits per heavy atom. The highest BCUT2D eigenvalue weighted by molar-refractivity contribution is 5.73. The lowest BCUT2D eigenvalue weighted by molar-refractivity contribution is -0.375. The normalized spacial score (nSPS) is 55.5. The lowest BCUT2D eigenvalue weighted by atomic mass is 9.33. The van der Waals surface area contributed by atoms with Gasteiger partial charge in [0.25, 0.3) is 0 Å². The van der Waals surface area contributed by atoms with Gasteiger partial charge in [-0.05, 0) is 97.2 Å². The quantitative estimate of drug-likeness (QED) is 0.132. The van der Waals surface area contributed by atoms with E-state index in [1.165, 1.54) is 5.57 Å². The minimum absolute atomic E-state index is 0.0149.